The van der Waals surface area contributed by atoms with E-state index < -0.39 is 23.3 Å². The van der Waals surface area contributed by atoms with Gasteiger partial charge in [-0.2, -0.15) is 0 Å². The van der Waals surface area contributed by atoms with Crippen LogP contribution in [0.3, 0.4) is 0 Å². The summed E-state index contributed by atoms with van der Waals surface area (Å²) in [7, 11) is 0. The summed E-state index contributed by atoms with van der Waals surface area (Å²) in [5.74, 6) is -0.812. The standard InChI is InChI=1S/C30H36N4O6S/c1-30(2,18-32-29(38)39)22-8-4-7-21(14-22)27(37)31-15-26(36)34-28-33-25(17-41-28)20-6-3-5-19(13-20)16-40-24-11-9-23(35)10-12-24/h3-8,13-14,17,23-24,32,35H,9-12,15-16,18H2,1-2H3,(H,31,37)(H,38,39)(H,33,34,36). The number of anilines is 1. The molecule has 218 valence electrons. The number of carboxylic acid groups (broad SMARTS) is 1. The van der Waals surface area contributed by atoms with Crippen molar-refractivity contribution >= 4 is 34.4 Å². The molecule has 0 saturated heterocycles. The van der Waals surface area contributed by atoms with Gasteiger partial charge in [0.1, 0.15) is 0 Å². The van der Waals surface area contributed by atoms with Crippen LogP contribution in [0.1, 0.15) is 61.0 Å². The van der Waals surface area contributed by atoms with Crippen molar-refractivity contribution in [3.8, 4) is 11.3 Å². The van der Waals surface area contributed by atoms with Gasteiger partial charge in [0, 0.05) is 28.5 Å². The lowest BCUT2D eigenvalue weighted by Gasteiger charge is -2.25. The molecular formula is C30H36N4O6S. The molecule has 0 spiro atoms. The number of hydrogen-bond acceptors (Lipinski definition) is 7. The average Bonchev–Trinajstić information content (AvgIpc) is 3.43. The molecule has 0 unspecified atom stereocenters. The van der Waals surface area contributed by atoms with Crippen LogP contribution in [0.5, 0.6) is 0 Å². The third-order valence-corrected chi connectivity index (χ3v) is 7.86. The quantitative estimate of drug-likeness (QED) is 0.223. The molecule has 11 heteroatoms. The summed E-state index contributed by atoms with van der Waals surface area (Å²) in [5, 5.41) is 28.6. The van der Waals surface area contributed by atoms with Gasteiger partial charge in [-0.15, -0.1) is 11.3 Å². The Balaban J connectivity index is 1.28. The molecule has 0 radical (unpaired) electrons. The summed E-state index contributed by atoms with van der Waals surface area (Å²) in [4.78, 5) is 40.6. The van der Waals surface area contributed by atoms with Gasteiger partial charge in [-0.3, -0.25) is 9.59 Å². The molecule has 1 heterocycles. The molecule has 0 bridgehead atoms. The second kappa shape index (κ2) is 13.7. The van der Waals surface area contributed by atoms with Gasteiger partial charge >= 0.3 is 6.09 Å². The average molecular weight is 581 g/mol. The van der Waals surface area contributed by atoms with E-state index in [1.807, 2.05) is 49.6 Å². The fourth-order valence-corrected chi connectivity index (χ4v) is 5.35. The van der Waals surface area contributed by atoms with E-state index in [0.29, 0.717) is 17.3 Å². The molecule has 1 aromatic heterocycles. The van der Waals surface area contributed by atoms with Crippen LogP contribution in [0.2, 0.25) is 0 Å². The third-order valence-electron chi connectivity index (χ3n) is 7.10. The Bertz CT molecular complexity index is 1370. The minimum absolute atomic E-state index is 0.167. The molecule has 1 saturated carbocycles. The molecule has 1 aliphatic carbocycles. The summed E-state index contributed by atoms with van der Waals surface area (Å²) in [6.45, 7) is 4.21. The van der Waals surface area contributed by atoms with Gasteiger partial charge in [-0.05, 0) is 55.0 Å². The van der Waals surface area contributed by atoms with Crippen LogP contribution >= 0.6 is 11.3 Å². The number of ether oxygens (including phenoxy) is 1. The Morgan fingerprint density at radius 2 is 1.80 bits per heavy atom. The van der Waals surface area contributed by atoms with E-state index in [1.54, 1.807) is 18.2 Å². The predicted octanol–water partition coefficient (Wildman–Crippen LogP) is 4.54. The molecule has 0 aliphatic heterocycles. The van der Waals surface area contributed by atoms with E-state index in [1.165, 1.54) is 11.3 Å². The number of nitrogens with one attached hydrogen (secondary N) is 3. The van der Waals surface area contributed by atoms with Gasteiger partial charge in [-0.25, -0.2) is 9.78 Å². The molecule has 0 atom stereocenters. The van der Waals surface area contributed by atoms with Crippen molar-refractivity contribution in [3.63, 3.8) is 0 Å². The van der Waals surface area contributed by atoms with E-state index in [-0.39, 0.29) is 25.3 Å². The Labute approximate surface area is 243 Å². The maximum absolute atomic E-state index is 12.7. The number of carbonyl (C=O) groups is 3. The SMILES string of the molecule is CC(C)(CNC(=O)O)c1cccc(C(=O)NCC(=O)Nc2nc(-c3cccc(COC4CCC(O)CC4)c3)cs2)c1. The predicted molar refractivity (Wildman–Crippen MR) is 157 cm³/mol. The van der Waals surface area contributed by atoms with E-state index in [9.17, 15) is 19.5 Å². The first-order valence-electron chi connectivity index (χ1n) is 13.6. The summed E-state index contributed by atoms with van der Waals surface area (Å²) in [6, 6.07) is 14.8. The minimum atomic E-state index is -1.11. The fourth-order valence-electron chi connectivity index (χ4n) is 4.62. The largest absolute Gasteiger partial charge is 0.465 e. The summed E-state index contributed by atoms with van der Waals surface area (Å²) < 4.78 is 6.04. The summed E-state index contributed by atoms with van der Waals surface area (Å²) >= 11 is 1.30. The molecule has 3 aromatic rings. The Hall–Kier alpha value is -3.80. The Morgan fingerprint density at radius 3 is 2.56 bits per heavy atom. The van der Waals surface area contributed by atoms with Crippen LogP contribution in [0.25, 0.3) is 11.3 Å². The van der Waals surface area contributed by atoms with Gasteiger partial charge in [0.15, 0.2) is 5.13 Å². The number of carbonyl (C=O) groups excluding carboxylic acids is 2. The van der Waals surface area contributed by atoms with Crippen molar-refractivity contribution in [2.45, 2.75) is 63.8 Å². The normalized spacial score (nSPS) is 17.0. The molecule has 1 fully saturated rings. The van der Waals surface area contributed by atoms with Crippen molar-refractivity contribution in [1.29, 1.82) is 0 Å². The van der Waals surface area contributed by atoms with Crippen LogP contribution < -0.4 is 16.0 Å². The van der Waals surface area contributed by atoms with Crippen LogP contribution in [0.4, 0.5) is 9.93 Å². The van der Waals surface area contributed by atoms with Gasteiger partial charge in [0.2, 0.25) is 5.91 Å². The van der Waals surface area contributed by atoms with Crippen molar-refractivity contribution in [2.75, 3.05) is 18.4 Å². The first kappa shape index (κ1) is 30.2. The molecule has 4 rings (SSSR count). The van der Waals surface area contributed by atoms with Crippen LogP contribution in [0, 0.1) is 0 Å². The van der Waals surface area contributed by atoms with Crippen LogP contribution in [-0.4, -0.2) is 58.4 Å². The minimum Gasteiger partial charge on any atom is -0.465 e. The molecule has 41 heavy (non-hydrogen) atoms. The smallest absolute Gasteiger partial charge is 0.404 e. The van der Waals surface area contributed by atoms with E-state index in [2.05, 4.69) is 20.9 Å². The lowest BCUT2D eigenvalue weighted by atomic mass is 9.84. The third kappa shape index (κ3) is 8.84. The number of nitrogens with zero attached hydrogens (tertiary/aromatic N) is 1. The molecule has 10 nitrogen and oxygen atoms in total. The number of benzene rings is 2. The molecule has 2 aromatic carbocycles. The van der Waals surface area contributed by atoms with Crippen LogP contribution in [0.15, 0.2) is 53.9 Å². The van der Waals surface area contributed by atoms with Crippen molar-refractivity contribution < 1.29 is 29.3 Å². The highest BCUT2D eigenvalue weighted by Crippen LogP contribution is 2.27. The number of aliphatic hydroxyl groups excluding tert-OH is 1. The lowest BCUT2D eigenvalue weighted by Crippen LogP contribution is -2.36. The highest BCUT2D eigenvalue weighted by molar-refractivity contribution is 7.14. The molecule has 5 N–H and O–H groups in total. The van der Waals surface area contributed by atoms with Gasteiger partial charge in [0.25, 0.3) is 5.91 Å². The lowest BCUT2D eigenvalue weighted by molar-refractivity contribution is -0.115. The van der Waals surface area contributed by atoms with E-state index in [0.717, 1.165) is 48.1 Å². The highest BCUT2D eigenvalue weighted by atomic mass is 32.1. The van der Waals surface area contributed by atoms with Crippen molar-refractivity contribution in [2.24, 2.45) is 0 Å². The zero-order valence-electron chi connectivity index (χ0n) is 23.2. The second-order valence-corrected chi connectivity index (χ2v) is 11.7. The van der Waals surface area contributed by atoms with Crippen LogP contribution in [-0.2, 0) is 21.6 Å². The van der Waals surface area contributed by atoms with E-state index >= 15 is 0 Å². The fraction of sp³-hybridized carbons (Fsp3) is 0.400. The first-order chi connectivity index (χ1) is 19.6. The van der Waals surface area contributed by atoms with Gasteiger partial charge in [-0.1, -0.05) is 44.2 Å². The number of rotatable bonds is 11. The summed E-state index contributed by atoms with van der Waals surface area (Å²) in [6.07, 6.45) is 2.14. The number of aromatic nitrogens is 1. The zero-order chi connectivity index (χ0) is 29.4. The van der Waals surface area contributed by atoms with Crippen molar-refractivity contribution in [3.05, 3.63) is 70.6 Å². The van der Waals surface area contributed by atoms with Gasteiger partial charge < -0.3 is 30.9 Å². The number of amides is 3. The monoisotopic (exact) mass is 580 g/mol. The first-order valence-corrected chi connectivity index (χ1v) is 14.5. The topological polar surface area (TPSA) is 150 Å². The zero-order valence-corrected chi connectivity index (χ0v) is 24.0. The Kier molecular flexibility index (Phi) is 10.1. The number of thiazole rings is 1. The second-order valence-electron chi connectivity index (χ2n) is 10.8. The molecular weight excluding hydrogens is 544 g/mol. The number of aliphatic hydroxyl groups is 1. The van der Waals surface area contributed by atoms with Gasteiger partial charge in [0.05, 0.1) is 31.1 Å². The maximum Gasteiger partial charge on any atom is 0.404 e. The molecule has 3 amide bonds. The molecule has 1 aliphatic rings. The number of hydrogen-bond donors (Lipinski definition) is 5. The Morgan fingerprint density at radius 1 is 1.05 bits per heavy atom. The van der Waals surface area contributed by atoms with Crippen molar-refractivity contribution in [1.82, 2.24) is 15.6 Å². The summed E-state index contributed by atoms with van der Waals surface area (Å²) in [5.41, 5.74) is 3.32. The maximum atomic E-state index is 12.7. The van der Waals surface area contributed by atoms with E-state index in [4.69, 9.17) is 9.84 Å². The highest BCUT2D eigenvalue weighted by Gasteiger charge is 2.23.